The van der Waals surface area contributed by atoms with Gasteiger partial charge < -0.3 is 5.73 Å². The first-order valence-electron chi connectivity index (χ1n) is 6.36. The van der Waals surface area contributed by atoms with Crippen LogP contribution in [0, 0.1) is 18.3 Å². The van der Waals surface area contributed by atoms with Gasteiger partial charge in [-0.15, -0.1) is 0 Å². The molecule has 96 valence electrons. The average molecular weight is 259 g/mol. The van der Waals surface area contributed by atoms with Crippen LogP contribution >= 0.6 is 0 Å². The molecule has 2 aromatic rings. The third-order valence-electron chi connectivity index (χ3n) is 3.38. The summed E-state index contributed by atoms with van der Waals surface area (Å²) < 4.78 is 0. The van der Waals surface area contributed by atoms with Crippen LogP contribution in [0.2, 0.25) is 0 Å². The van der Waals surface area contributed by atoms with Gasteiger partial charge >= 0.3 is 0 Å². The summed E-state index contributed by atoms with van der Waals surface area (Å²) in [6, 6.07) is 17.8. The molecule has 1 aliphatic rings. The van der Waals surface area contributed by atoms with Gasteiger partial charge in [0, 0.05) is 11.1 Å². The topological polar surface area (TPSA) is 62.2 Å². The van der Waals surface area contributed by atoms with Crippen molar-refractivity contribution in [3.8, 4) is 6.07 Å². The van der Waals surface area contributed by atoms with E-state index < -0.39 is 0 Å². The highest BCUT2D eigenvalue weighted by Crippen LogP contribution is 2.33. The molecule has 1 heterocycles. The standard InChI is InChI=1S/C17H13N3/c1-11-6-8-12(9-7-11)15(10-18)16-13-4-2-3-5-14(13)17(19)20-16/h2-9H,1H3,(H2,19,20)/b16-15-. The minimum absolute atomic E-state index is 0.468. The molecule has 0 fully saturated rings. The maximum atomic E-state index is 9.50. The summed E-state index contributed by atoms with van der Waals surface area (Å²) in [6.45, 7) is 2.02. The molecule has 0 aromatic heterocycles. The number of rotatable bonds is 1. The molecule has 1 aliphatic heterocycles. The lowest BCUT2D eigenvalue weighted by molar-refractivity contribution is 1.44. The molecule has 0 saturated heterocycles. The zero-order chi connectivity index (χ0) is 14.1. The molecule has 0 atom stereocenters. The lowest BCUT2D eigenvalue weighted by atomic mass is 9.99. The molecule has 0 aliphatic carbocycles. The van der Waals surface area contributed by atoms with E-state index in [1.165, 1.54) is 0 Å². The van der Waals surface area contributed by atoms with Gasteiger partial charge in [-0.3, -0.25) is 0 Å². The van der Waals surface area contributed by atoms with Crippen LogP contribution in [0.5, 0.6) is 0 Å². The maximum Gasteiger partial charge on any atom is 0.132 e. The van der Waals surface area contributed by atoms with Crippen molar-refractivity contribution in [3.05, 3.63) is 70.8 Å². The third-order valence-corrected chi connectivity index (χ3v) is 3.38. The smallest absolute Gasteiger partial charge is 0.132 e. The summed E-state index contributed by atoms with van der Waals surface area (Å²) in [6.07, 6.45) is 0. The van der Waals surface area contributed by atoms with Gasteiger partial charge in [-0.25, -0.2) is 4.99 Å². The van der Waals surface area contributed by atoms with Crippen LogP contribution < -0.4 is 5.73 Å². The Bertz CT molecular complexity index is 775. The second-order valence-electron chi connectivity index (χ2n) is 4.74. The Morgan fingerprint density at radius 1 is 1.05 bits per heavy atom. The summed E-state index contributed by atoms with van der Waals surface area (Å²) >= 11 is 0. The molecular formula is C17H13N3. The van der Waals surface area contributed by atoms with Crippen molar-refractivity contribution < 1.29 is 0 Å². The van der Waals surface area contributed by atoms with E-state index in [-0.39, 0.29) is 0 Å². The zero-order valence-corrected chi connectivity index (χ0v) is 11.1. The molecule has 0 spiro atoms. The van der Waals surface area contributed by atoms with Gasteiger partial charge in [0.1, 0.15) is 11.9 Å². The minimum Gasteiger partial charge on any atom is -0.383 e. The fourth-order valence-corrected chi connectivity index (χ4v) is 2.32. The molecule has 2 aromatic carbocycles. The van der Waals surface area contributed by atoms with E-state index in [1.54, 1.807) is 0 Å². The Morgan fingerprint density at radius 2 is 1.70 bits per heavy atom. The van der Waals surface area contributed by atoms with E-state index in [0.29, 0.717) is 17.1 Å². The predicted molar refractivity (Wildman–Crippen MR) is 80.8 cm³/mol. The molecule has 20 heavy (non-hydrogen) atoms. The van der Waals surface area contributed by atoms with Crippen molar-refractivity contribution in [1.82, 2.24) is 0 Å². The first kappa shape index (κ1) is 12.2. The fraction of sp³-hybridized carbons (Fsp3) is 0.0588. The number of aryl methyl sites for hydroxylation is 1. The van der Waals surface area contributed by atoms with Gasteiger partial charge in [0.05, 0.1) is 11.3 Å². The van der Waals surface area contributed by atoms with Crippen LogP contribution in [0.4, 0.5) is 0 Å². The van der Waals surface area contributed by atoms with Gasteiger partial charge in [0.2, 0.25) is 0 Å². The number of hydrogen-bond donors (Lipinski definition) is 1. The van der Waals surface area contributed by atoms with Crippen LogP contribution in [-0.2, 0) is 0 Å². The Morgan fingerprint density at radius 3 is 2.35 bits per heavy atom. The first-order chi connectivity index (χ1) is 9.70. The first-order valence-corrected chi connectivity index (χ1v) is 6.36. The van der Waals surface area contributed by atoms with Gasteiger partial charge in [-0.2, -0.15) is 5.26 Å². The van der Waals surface area contributed by atoms with Crippen LogP contribution in [0.15, 0.2) is 53.5 Å². The summed E-state index contributed by atoms with van der Waals surface area (Å²) in [5.74, 6) is 0.468. The average Bonchev–Trinajstić information content (AvgIpc) is 2.80. The molecule has 3 heteroatoms. The summed E-state index contributed by atoms with van der Waals surface area (Å²) in [5, 5.41) is 9.50. The van der Waals surface area contributed by atoms with Crippen molar-refractivity contribution in [2.45, 2.75) is 6.92 Å². The van der Waals surface area contributed by atoms with E-state index in [0.717, 1.165) is 22.3 Å². The number of nitrogens with two attached hydrogens (primary N) is 1. The van der Waals surface area contributed by atoms with Gasteiger partial charge in [0.25, 0.3) is 0 Å². The highest BCUT2D eigenvalue weighted by molar-refractivity contribution is 6.14. The fourth-order valence-electron chi connectivity index (χ4n) is 2.32. The normalized spacial score (nSPS) is 15.3. The largest absolute Gasteiger partial charge is 0.383 e. The van der Waals surface area contributed by atoms with Crippen molar-refractivity contribution in [2.24, 2.45) is 10.7 Å². The molecule has 2 N–H and O–H groups in total. The number of amidine groups is 1. The number of benzene rings is 2. The van der Waals surface area contributed by atoms with Gasteiger partial charge in [0.15, 0.2) is 0 Å². The minimum atomic E-state index is 0.468. The number of aliphatic imine (C=N–C) groups is 1. The lowest BCUT2D eigenvalue weighted by Gasteiger charge is -2.04. The van der Waals surface area contributed by atoms with Crippen molar-refractivity contribution in [2.75, 3.05) is 0 Å². The number of allylic oxidation sites excluding steroid dienone is 1. The van der Waals surface area contributed by atoms with Crippen molar-refractivity contribution in [3.63, 3.8) is 0 Å². The number of hydrogen-bond acceptors (Lipinski definition) is 3. The van der Waals surface area contributed by atoms with E-state index in [4.69, 9.17) is 5.73 Å². The van der Waals surface area contributed by atoms with E-state index in [9.17, 15) is 5.26 Å². The van der Waals surface area contributed by atoms with E-state index in [2.05, 4.69) is 11.1 Å². The van der Waals surface area contributed by atoms with Crippen LogP contribution in [0.1, 0.15) is 22.3 Å². The van der Waals surface area contributed by atoms with Gasteiger partial charge in [-0.05, 0) is 12.5 Å². The molecule has 3 nitrogen and oxygen atoms in total. The second-order valence-corrected chi connectivity index (χ2v) is 4.74. The second kappa shape index (κ2) is 4.67. The number of nitrogens with zero attached hydrogens (tertiary/aromatic N) is 2. The van der Waals surface area contributed by atoms with Crippen LogP contribution in [0.3, 0.4) is 0 Å². The molecule has 0 bridgehead atoms. The molecule has 0 saturated carbocycles. The molecular weight excluding hydrogens is 246 g/mol. The summed E-state index contributed by atoms with van der Waals surface area (Å²) in [7, 11) is 0. The molecule has 3 rings (SSSR count). The quantitative estimate of drug-likeness (QED) is 0.800. The summed E-state index contributed by atoms with van der Waals surface area (Å²) in [5.41, 5.74) is 11.0. The van der Waals surface area contributed by atoms with Crippen molar-refractivity contribution >= 4 is 17.1 Å². The Balaban J connectivity index is 2.23. The lowest BCUT2D eigenvalue weighted by Crippen LogP contribution is -2.09. The van der Waals surface area contributed by atoms with Gasteiger partial charge in [-0.1, -0.05) is 54.1 Å². The monoisotopic (exact) mass is 259 g/mol. The van der Waals surface area contributed by atoms with Crippen LogP contribution in [-0.4, -0.2) is 5.84 Å². The highest BCUT2D eigenvalue weighted by Gasteiger charge is 2.21. The Hall–Kier alpha value is -2.86. The third kappa shape index (κ3) is 1.88. The molecule has 0 unspecified atom stereocenters. The summed E-state index contributed by atoms with van der Waals surface area (Å²) in [4.78, 5) is 4.38. The molecule has 0 radical (unpaired) electrons. The van der Waals surface area contributed by atoms with Crippen molar-refractivity contribution in [1.29, 1.82) is 5.26 Å². The van der Waals surface area contributed by atoms with Crippen LogP contribution in [0.25, 0.3) is 11.3 Å². The Labute approximate surface area is 117 Å². The SMILES string of the molecule is Cc1ccc(/C(C#N)=C2\N=C(N)c3ccccc32)cc1. The number of fused-ring (bicyclic) bond motifs is 1. The predicted octanol–water partition coefficient (Wildman–Crippen LogP) is 3.11. The van der Waals surface area contributed by atoms with E-state index >= 15 is 0 Å². The van der Waals surface area contributed by atoms with E-state index in [1.807, 2.05) is 55.5 Å². The zero-order valence-electron chi connectivity index (χ0n) is 11.1. The number of nitriles is 1. The highest BCUT2D eigenvalue weighted by atomic mass is 14.9. The molecule has 0 amide bonds. The Kier molecular flexibility index (Phi) is 2.85. The maximum absolute atomic E-state index is 9.50.